The summed E-state index contributed by atoms with van der Waals surface area (Å²) >= 11 is 6.59. The molecule has 2 aliphatic heterocycles. The van der Waals surface area contributed by atoms with Crippen LogP contribution in [-0.4, -0.2) is 64.7 Å². The quantitative estimate of drug-likeness (QED) is 0.340. The van der Waals surface area contributed by atoms with E-state index in [9.17, 15) is 13.2 Å². The van der Waals surface area contributed by atoms with Gasteiger partial charge in [0.15, 0.2) is 0 Å². The molecule has 8 nitrogen and oxygen atoms in total. The normalized spacial score (nSPS) is 19.4. The van der Waals surface area contributed by atoms with E-state index in [0.29, 0.717) is 24.3 Å². The highest BCUT2D eigenvalue weighted by Crippen LogP contribution is 2.53. The number of rotatable bonds is 9. The Kier molecular flexibility index (Phi) is 8.77. The lowest BCUT2D eigenvalue weighted by molar-refractivity contribution is -0.121. The third-order valence-corrected chi connectivity index (χ3v) is 9.86. The number of nitrogens with zero attached hydrogens (tertiary/aromatic N) is 2. The van der Waals surface area contributed by atoms with Crippen LogP contribution in [0.1, 0.15) is 44.7 Å². The van der Waals surface area contributed by atoms with E-state index in [1.165, 1.54) is 31.4 Å². The Bertz CT molecular complexity index is 1600. The van der Waals surface area contributed by atoms with E-state index in [1.807, 2.05) is 20.8 Å². The van der Waals surface area contributed by atoms with E-state index in [-0.39, 0.29) is 33.3 Å². The summed E-state index contributed by atoms with van der Waals surface area (Å²) in [7, 11) is -3.04. The zero-order valence-corrected chi connectivity index (χ0v) is 26.4. The van der Waals surface area contributed by atoms with Gasteiger partial charge >= 0.3 is 0 Å². The van der Waals surface area contributed by atoms with Gasteiger partial charge in [-0.3, -0.25) is 4.79 Å². The van der Waals surface area contributed by atoms with E-state index < -0.39 is 32.8 Å². The molecule has 0 spiro atoms. The SMILES string of the molecule is COc1cc2c(cc1Cl)C(CCCN1CCNCC1)(c1ccccc1F)C(=O)N2S(=O)(=O)c1ccc(OC(C)(C)C)cc1. The molecular formula is C32H37ClFN3O5S. The Morgan fingerprint density at radius 1 is 1.02 bits per heavy atom. The van der Waals surface area contributed by atoms with E-state index in [4.69, 9.17) is 21.1 Å². The molecule has 2 heterocycles. The Labute approximate surface area is 257 Å². The number of carbonyl (C=O) groups excluding carboxylic acids is 1. The molecule has 0 saturated carbocycles. The fraction of sp³-hybridized carbons (Fsp3) is 0.406. The summed E-state index contributed by atoms with van der Waals surface area (Å²) in [5.41, 5.74) is -1.59. The number of ether oxygens (including phenoxy) is 2. The maximum absolute atomic E-state index is 15.7. The van der Waals surface area contributed by atoms with Crippen molar-refractivity contribution in [2.45, 2.75) is 49.5 Å². The van der Waals surface area contributed by atoms with Crippen molar-refractivity contribution in [1.82, 2.24) is 10.2 Å². The van der Waals surface area contributed by atoms with Crippen molar-refractivity contribution >= 4 is 33.2 Å². The monoisotopic (exact) mass is 629 g/mol. The van der Waals surface area contributed by atoms with Crippen LogP contribution in [0.2, 0.25) is 5.02 Å². The minimum atomic E-state index is -4.45. The molecule has 2 aliphatic rings. The Balaban J connectivity index is 1.64. The van der Waals surface area contributed by atoms with Crippen molar-refractivity contribution in [3.63, 3.8) is 0 Å². The summed E-state index contributed by atoms with van der Waals surface area (Å²) in [4.78, 5) is 16.9. The molecule has 0 radical (unpaired) electrons. The van der Waals surface area contributed by atoms with Crippen molar-refractivity contribution in [1.29, 1.82) is 0 Å². The zero-order valence-electron chi connectivity index (χ0n) is 24.8. The standard InChI is InChI=1S/C32H37ClFN3O5S/c1-31(2,3)42-22-10-12-23(13-11-22)43(39,40)37-28-21-29(41-4)26(33)20-25(28)32(30(37)38,24-8-5-6-9-27(24)34)14-7-17-36-18-15-35-16-19-36/h5-6,8-13,20-21,35H,7,14-19H2,1-4H3. The second-order valence-corrected chi connectivity index (χ2v) is 14.0. The largest absolute Gasteiger partial charge is 0.495 e. The predicted octanol–water partition coefficient (Wildman–Crippen LogP) is 5.37. The second-order valence-electron chi connectivity index (χ2n) is 11.8. The van der Waals surface area contributed by atoms with Gasteiger partial charge in [-0.25, -0.2) is 17.1 Å². The zero-order chi connectivity index (χ0) is 31.0. The Morgan fingerprint density at radius 3 is 2.33 bits per heavy atom. The molecule has 0 bridgehead atoms. The highest BCUT2D eigenvalue weighted by Gasteiger charge is 2.57. The van der Waals surface area contributed by atoms with Crippen LogP contribution in [0, 0.1) is 5.82 Å². The second kappa shape index (κ2) is 12.1. The minimum absolute atomic E-state index is 0.0895. The topological polar surface area (TPSA) is 88.2 Å². The number of nitrogens with one attached hydrogen (secondary N) is 1. The molecule has 1 amide bonds. The van der Waals surface area contributed by atoms with Gasteiger partial charge in [0.25, 0.3) is 15.9 Å². The molecule has 11 heteroatoms. The molecule has 5 rings (SSSR count). The lowest BCUT2D eigenvalue weighted by Crippen LogP contribution is -2.46. The maximum Gasteiger partial charge on any atom is 0.270 e. The highest BCUT2D eigenvalue weighted by molar-refractivity contribution is 7.93. The number of benzene rings is 3. The molecule has 1 saturated heterocycles. The van der Waals surface area contributed by atoms with Crippen molar-refractivity contribution in [2.24, 2.45) is 0 Å². The van der Waals surface area contributed by atoms with Crippen LogP contribution in [0.15, 0.2) is 65.6 Å². The molecule has 1 atom stereocenters. The van der Waals surface area contributed by atoms with Gasteiger partial charge in [-0.05, 0) is 82.1 Å². The van der Waals surface area contributed by atoms with Gasteiger partial charge in [-0.15, -0.1) is 0 Å². The van der Waals surface area contributed by atoms with Gasteiger partial charge in [0.1, 0.15) is 28.3 Å². The number of methoxy groups -OCH3 is 1. The fourth-order valence-corrected chi connectivity index (χ4v) is 7.65. The number of piperazine rings is 1. The first kappa shape index (κ1) is 31.3. The van der Waals surface area contributed by atoms with E-state index in [0.717, 1.165) is 30.5 Å². The number of amides is 1. The lowest BCUT2D eigenvalue weighted by Gasteiger charge is -2.32. The number of fused-ring (bicyclic) bond motifs is 1. The Morgan fingerprint density at radius 2 is 1.70 bits per heavy atom. The molecule has 1 N–H and O–H groups in total. The van der Waals surface area contributed by atoms with E-state index in [2.05, 4.69) is 10.2 Å². The molecule has 1 unspecified atom stereocenters. The number of hydrogen-bond donors (Lipinski definition) is 1. The first-order valence-electron chi connectivity index (χ1n) is 14.3. The summed E-state index contributed by atoms with van der Waals surface area (Å²) in [6, 6.07) is 15.0. The number of halogens is 2. The van der Waals surface area contributed by atoms with Crippen LogP contribution < -0.4 is 19.1 Å². The summed E-state index contributed by atoms with van der Waals surface area (Å²) in [5.74, 6) is -0.666. The summed E-state index contributed by atoms with van der Waals surface area (Å²) in [6.45, 7) is 9.78. The van der Waals surface area contributed by atoms with Crippen LogP contribution in [-0.2, 0) is 20.2 Å². The highest BCUT2D eigenvalue weighted by atomic mass is 35.5. The maximum atomic E-state index is 15.7. The van der Waals surface area contributed by atoms with Crippen LogP contribution in [0.4, 0.5) is 10.1 Å². The molecule has 0 aliphatic carbocycles. The van der Waals surface area contributed by atoms with E-state index >= 15 is 4.39 Å². The summed E-state index contributed by atoms with van der Waals surface area (Å²) < 4.78 is 56.4. The molecule has 3 aromatic carbocycles. The van der Waals surface area contributed by atoms with Crippen molar-refractivity contribution < 1.29 is 27.1 Å². The van der Waals surface area contributed by atoms with Crippen molar-refractivity contribution in [3.05, 3.63) is 82.6 Å². The molecule has 3 aromatic rings. The van der Waals surface area contributed by atoms with Gasteiger partial charge in [0.2, 0.25) is 0 Å². The van der Waals surface area contributed by atoms with Crippen LogP contribution in [0.3, 0.4) is 0 Å². The number of anilines is 1. The van der Waals surface area contributed by atoms with Crippen molar-refractivity contribution in [2.75, 3.05) is 44.1 Å². The molecule has 1 fully saturated rings. The Hall–Kier alpha value is -3.18. The van der Waals surface area contributed by atoms with Crippen LogP contribution >= 0.6 is 11.6 Å². The molecular weight excluding hydrogens is 593 g/mol. The first-order valence-corrected chi connectivity index (χ1v) is 16.2. The van der Waals surface area contributed by atoms with Gasteiger partial charge in [-0.1, -0.05) is 29.8 Å². The average Bonchev–Trinajstić information content (AvgIpc) is 3.20. The van der Waals surface area contributed by atoms with Crippen molar-refractivity contribution in [3.8, 4) is 11.5 Å². The van der Waals surface area contributed by atoms with E-state index in [1.54, 1.807) is 36.4 Å². The molecule has 43 heavy (non-hydrogen) atoms. The number of hydrogen-bond acceptors (Lipinski definition) is 7. The summed E-state index contributed by atoms with van der Waals surface area (Å²) in [6.07, 6.45) is 0.701. The third kappa shape index (κ3) is 5.98. The van der Waals surface area contributed by atoms with Gasteiger partial charge in [0.05, 0.1) is 22.7 Å². The minimum Gasteiger partial charge on any atom is -0.495 e. The summed E-state index contributed by atoms with van der Waals surface area (Å²) in [5, 5.41) is 3.52. The molecule has 0 aromatic heterocycles. The lowest BCUT2D eigenvalue weighted by atomic mass is 9.72. The van der Waals surface area contributed by atoms with Gasteiger partial charge < -0.3 is 19.7 Å². The predicted molar refractivity (Wildman–Crippen MR) is 165 cm³/mol. The number of sulfonamides is 1. The first-order chi connectivity index (χ1) is 20.4. The smallest absolute Gasteiger partial charge is 0.270 e. The third-order valence-electron chi connectivity index (χ3n) is 7.85. The van der Waals surface area contributed by atoms with Crippen LogP contribution in [0.5, 0.6) is 11.5 Å². The van der Waals surface area contributed by atoms with Crippen LogP contribution in [0.25, 0.3) is 0 Å². The number of carbonyl (C=O) groups is 1. The van der Waals surface area contributed by atoms with Gasteiger partial charge in [0, 0.05) is 37.8 Å². The molecule has 230 valence electrons. The average molecular weight is 630 g/mol. The fourth-order valence-electron chi connectivity index (χ4n) is 5.93. The van der Waals surface area contributed by atoms with Gasteiger partial charge in [-0.2, -0.15) is 0 Å².